The zero-order valence-corrected chi connectivity index (χ0v) is 13.1. The molecule has 0 aliphatic carbocycles. The van der Waals surface area contributed by atoms with Gasteiger partial charge >= 0.3 is 0 Å². The van der Waals surface area contributed by atoms with Gasteiger partial charge in [0.05, 0.1) is 12.5 Å². The molecule has 0 spiro atoms. The lowest BCUT2D eigenvalue weighted by Crippen LogP contribution is -1.99. The Hall–Kier alpha value is -0.770. The van der Waals surface area contributed by atoms with Crippen molar-refractivity contribution in [3.63, 3.8) is 0 Å². The Morgan fingerprint density at radius 3 is 2.53 bits per heavy atom. The topological polar surface area (TPSA) is 9.23 Å². The van der Waals surface area contributed by atoms with Gasteiger partial charge in [-0.2, -0.15) is 0 Å². The number of halogens is 4. The molecule has 2 aromatic rings. The highest BCUT2D eigenvalue weighted by Gasteiger charge is 2.18. The molecule has 0 radical (unpaired) electrons. The van der Waals surface area contributed by atoms with Gasteiger partial charge in [0, 0.05) is 21.1 Å². The van der Waals surface area contributed by atoms with Crippen molar-refractivity contribution < 1.29 is 9.13 Å². The maximum atomic E-state index is 14.0. The van der Waals surface area contributed by atoms with Crippen LogP contribution in [0.2, 0.25) is 5.02 Å². The quantitative estimate of drug-likeness (QED) is 0.647. The Labute approximate surface area is 129 Å². The molecule has 0 bridgehead atoms. The van der Waals surface area contributed by atoms with Gasteiger partial charge in [0.15, 0.2) is 0 Å². The van der Waals surface area contributed by atoms with Crippen LogP contribution in [-0.4, -0.2) is 7.11 Å². The molecule has 19 heavy (non-hydrogen) atoms. The summed E-state index contributed by atoms with van der Waals surface area (Å²) in [5, 5.41) is -0.158. The lowest BCUT2D eigenvalue weighted by atomic mass is 10.0. The fraction of sp³-hybridized carbons (Fsp3) is 0.143. The fourth-order valence-corrected chi connectivity index (χ4v) is 2.74. The van der Waals surface area contributed by atoms with Crippen LogP contribution in [-0.2, 0) is 0 Å². The molecule has 0 aromatic heterocycles. The minimum absolute atomic E-state index is 0.363. The highest BCUT2D eigenvalue weighted by atomic mass is 79.9. The number of hydrogen-bond donors (Lipinski definition) is 0. The van der Waals surface area contributed by atoms with Crippen molar-refractivity contribution in [3.05, 3.63) is 62.8 Å². The molecule has 0 aliphatic rings. The summed E-state index contributed by atoms with van der Waals surface area (Å²) in [5.74, 6) is 0.0286. The Morgan fingerprint density at radius 1 is 1.16 bits per heavy atom. The average Bonchev–Trinajstić information content (AvgIpc) is 2.40. The minimum atomic E-state index is -0.657. The summed E-state index contributed by atoms with van der Waals surface area (Å²) in [6, 6.07) is 9.88. The van der Waals surface area contributed by atoms with Crippen molar-refractivity contribution in [2.24, 2.45) is 0 Å². The zero-order chi connectivity index (χ0) is 14.0. The maximum absolute atomic E-state index is 14.0. The Kier molecular flexibility index (Phi) is 4.71. The predicted molar refractivity (Wildman–Crippen MR) is 79.8 cm³/mol. The van der Waals surface area contributed by atoms with Crippen LogP contribution in [0.3, 0.4) is 0 Å². The van der Waals surface area contributed by atoms with Gasteiger partial charge in [-0.25, -0.2) is 4.39 Å². The van der Waals surface area contributed by atoms with Crippen LogP contribution in [0.15, 0.2) is 40.9 Å². The van der Waals surface area contributed by atoms with Gasteiger partial charge in [0.25, 0.3) is 0 Å². The van der Waals surface area contributed by atoms with Crippen LogP contribution in [0.1, 0.15) is 16.5 Å². The first kappa shape index (κ1) is 14.6. The van der Waals surface area contributed by atoms with E-state index in [4.69, 9.17) is 27.9 Å². The van der Waals surface area contributed by atoms with E-state index in [1.54, 1.807) is 30.3 Å². The van der Waals surface area contributed by atoms with Gasteiger partial charge in [0.2, 0.25) is 0 Å². The van der Waals surface area contributed by atoms with Gasteiger partial charge < -0.3 is 4.74 Å². The average molecular weight is 364 g/mol. The summed E-state index contributed by atoms with van der Waals surface area (Å²) in [6.45, 7) is 0. The summed E-state index contributed by atoms with van der Waals surface area (Å²) in [7, 11) is 1.48. The minimum Gasteiger partial charge on any atom is -0.497 e. The molecule has 1 unspecified atom stereocenters. The molecule has 100 valence electrons. The summed E-state index contributed by atoms with van der Waals surface area (Å²) >= 11 is 15.8. The van der Waals surface area contributed by atoms with Gasteiger partial charge in [-0.15, -0.1) is 11.6 Å². The first-order valence-corrected chi connectivity index (χ1v) is 7.06. The van der Waals surface area contributed by atoms with Crippen molar-refractivity contribution in [3.8, 4) is 5.75 Å². The second-order valence-corrected chi connectivity index (χ2v) is 5.68. The van der Waals surface area contributed by atoms with E-state index in [9.17, 15) is 4.39 Å². The van der Waals surface area contributed by atoms with E-state index in [1.165, 1.54) is 13.2 Å². The van der Waals surface area contributed by atoms with Gasteiger partial charge in [-0.05, 0) is 29.8 Å². The molecule has 0 saturated carbocycles. The molecule has 0 heterocycles. The van der Waals surface area contributed by atoms with Crippen molar-refractivity contribution >= 4 is 39.1 Å². The first-order chi connectivity index (χ1) is 9.02. The number of benzene rings is 2. The summed E-state index contributed by atoms with van der Waals surface area (Å²) in [5.41, 5.74) is 1.02. The molecule has 1 atom stereocenters. The maximum Gasteiger partial charge on any atom is 0.131 e. The Balaban J connectivity index is 2.43. The molecule has 1 nitrogen and oxygen atoms in total. The third-order valence-corrected chi connectivity index (χ3v) is 4.02. The van der Waals surface area contributed by atoms with Crippen LogP contribution < -0.4 is 4.74 Å². The molecule has 2 rings (SSSR count). The number of methoxy groups -OCH3 is 1. The van der Waals surface area contributed by atoms with Crippen LogP contribution in [0, 0.1) is 5.82 Å². The lowest BCUT2D eigenvalue weighted by Gasteiger charge is -2.14. The summed E-state index contributed by atoms with van der Waals surface area (Å²) < 4.78 is 19.8. The van der Waals surface area contributed by atoms with E-state index >= 15 is 0 Å². The largest absolute Gasteiger partial charge is 0.497 e. The van der Waals surface area contributed by atoms with Crippen LogP contribution in [0.25, 0.3) is 0 Å². The molecule has 5 heteroatoms. The van der Waals surface area contributed by atoms with Crippen molar-refractivity contribution in [1.29, 1.82) is 0 Å². The van der Waals surface area contributed by atoms with E-state index in [-0.39, 0.29) is 0 Å². The lowest BCUT2D eigenvalue weighted by molar-refractivity contribution is 0.411. The molecule has 0 saturated heterocycles. The number of hydrogen-bond acceptors (Lipinski definition) is 1. The van der Waals surface area contributed by atoms with Gasteiger partial charge in [-0.1, -0.05) is 33.6 Å². The standard InChI is InChI=1S/C14H10BrCl2FO/c1-19-9-3-4-10(13(18)7-9)14(17)11-6-8(15)2-5-12(11)16/h2-7,14H,1H3. The third kappa shape index (κ3) is 3.22. The molecule has 0 aliphatic heterocycles. The number of ether oxygens (including phenoxy) is 1. The highest BCUT2D eigenvalue weighted by Crippen LogP contribution is 2.37. The van der Waals surface area contributed by atoms with E-state index in [0.29, 0.717) is 21.9 Å². The molecule has 0 amide bonds. The van der Waals surface area contributed by atoms with Crippen molar-refractivity contribution in [2.45, 2.75) is 5.38 Å². The smallest absolute Gasteiger partial charge is 0.131 e. The first-order valence-electron chi connectivity index (χ1n) is 5.45. The van der Waals surface area contributed by atoms with E-state index in [2.05, 4.69) is 15.9 Å². The summed E-state index contributed by atoms with van der Waals surface area (Å²) in [4.78, 5) is 0. The van der Waals surface area contributed by atoms with Crippen LogP contribution in [0.5, 0.6) is 5.75 Å². The Morgan fingerprint density at radius 2 is 1.89 bits per heavy atom. The SMILES string of the molecule is COc1ccc(C(Cl)c2cc(Br)ccc2Cl)c(F)c1. The Bertz CT molecular complexity index is 604. The molecule has 2 aromatic carbocycles. The van der Waals surface area contributed by atoms with Crippen LogP contribution in [0.4, 0.5) is 4.39 Å². The van der Waals surface area contributed by atoms with E-state index in [1.807, 2.05) is 0 Å². The highest BCUT2D eigenvalue weighted by molar-refractivity contribution is 9.10. The summed E-state index contributed by atoms with van der Waals surface area (Å²) in [6.07, 6.45) is 0. The molecular weight excluding hydrogens is 354 g/mol. The predicted octanol–water partition coefficient (Wildman–Crippen LogP) is 5.58. The zero-order valence-electron chi connectivity index (χ0n) is 9.96. The van der Waals surface area contributed by atoms with E-state index < -0.39 is 11.2 Å². The van der Waals surface area contributed by atoms with Crippen molar-refractivity contribution in [1.82, 2.24) is 0 Å². The molecule has 0 fully saturated rings. The third-order valence-electron chi connectivity index (χ3n) is 2.71. The second kappa shape index (κ2) is 6.12. The van der Waals surface area contributed by atoms with Crippen LogP contribution >= 0.6 is 39.1 Å². The number of alkyl halides is 1. The van der Waals surface area contributed by atoms with Gasteiger partial charge in [-0.3, -0.25) is 0 Å². The monoisotopic (exact) mass is 362 g/mol. The number of rotatable bonds is 3. The fourth-order valence-electron chi connectivity index (χ4n) is 1.72. The molecular formula is C14H10BrCl2FO. The van der Waals surface area contributed by atoms with E-state index in [0.717, 1.165) is 4.47 Å². The van der Waals surface area contributed by atoms with Gasteiger partial charge in [0.1, 0.15) is 11.6 Å². The molecule has 0 N–H and O–H groups in total. The van der Waals surface area contributed by atoms with Crippen molar-refractivity contribution in [2.75, 3.05) is 7.11 Å². The second-order valence-electron chi connectivity index (χ2n) is 3.92. The normalized spacial score (nSPS) is 12.3.